The molecule has 2 rings (SSSR count). The number of nitrogens with one attached hydrogen (secondary N) is 1. The highest BCUT2D eigenvalue weighted by molar-refractivity contribution is 7.90. The van der Waals surface area contributed by atoms with Crippen LogP contribution in [0.1, 0.15) is 5.56 Å². The van der Waals surface area contributed by atoms with Crippen LogP contribution in [0.2, 0.25) is 0 Å². The van der Waals surface area contributed by atoms with E-state index < -0.39 is 9.84 Å². The largest absolute Gasteiger partial charge is 0.481 e. The second-order valence-electron chi connectivity index (χ2n) is 4.22. The van der Waals surface area contributed by atoms with E-state index in [2.05, 4.69) is 15.3 Å². The number of nitrogens with zero attached hydrogens (tertiary/aromatic N) is 2. The van der Waals surface area contributed by atoms with Crippen LogP contribution in [-0.2, 0) is 16.4 Å². The van der Waals surface area contributed by atoms with Crippen LogP contribution >= 0.6 is 0 Å². The SMILES string of the molecule is COc1cc(NCc2ccc(S(C)(=O)=O)cc2)ncn1. The monoisotopic (exact) mass is 293 g/mol. The lowest BCUT2D eigenvalue weighted by Gasteiger charge is -2.07. The number of hydrogen-bond acceptors (Lipinski definition) is 6. The number of ether oxygens (including phenoxy) is 1. The van der Waals surface area contributed by atoms with Gasteiger partial charge in [0.15, 0.2) is 9.84 Å². The molecule has 0 unspecified atom stereocenters. The standard InChI is InChI=1S/C13H15N3O3S/c1-19-13-7-12(15-9-16-13)14-8-10-3-5-11(6-4-10)20(2,17)18/h3-7,9H,8H2,1-2H3,(H,14,15,16). The molecule has 1 N–H and O–H groups in total. The van der Waals surface area contributed by atoms with E-state index in [1.807, 2.05) is 0 Å². The van der Waals surface area contributed by atoms with Gasteiger partial charge in [-0.3, -0.25) is 0 Å². The Bertz CT molecular complexity index is 684. The van der Waals surface area contributed by atoms with Gasteiger partial charge in [-0.25, -0.2) is 18.4 Å². The van der Waals surface area contributed by atoms with Gasteiger partial charge in [0.2, 0.25) is 5.88 Å². The van der Waals surface area contributed by atoms with Gasteiger partial charge in [0.05, 0.1) is 12.0 Å². The molecule has 2 aromatic rings. The Balaban J connectivity index is 2.04. The molecule has 0 amide bonds. The zero-order valence-electron chi connectivity index (χ0n) is 11.2. The number of methoxy groups -OCH3 is 1. The van der Waals surface area contributed by atoms with E-state index in [9.17, 15) is 8.42 Å². The van der Waals surface area contributed by atoms with Crippen molar-refractivity contribution in [3.05, 3.63) is 42.2 Å². The third-order valence-corrected chi connectivity index (χ3v) is 3.80. The first kappa shape index (κ1) is 14.3. The maximum absolute atomic E-state index is 11.3. The van der Waals surface area contributed by atoms with Crippen LogP contribution < -0.4 is 10.1 Å². The molecule has 0 fully saturated rings. The van der Waals surface area contributed by atoms with Crippen molar-refractivity contribution < 1.29 is 13.2 Å². The summed E-state index contributed by atoms with van der Waals surface area (Å²) in [5.74, 6) is 1.12. The fourth-order valence-corrected chi connectivity index (χ4v) is 2.23. The lowest BCUT2D eigenvalue weighted by Crippen LogP contribution is -2.03. The zero-order valence-corrected chi connectivity index (χ0v) is 12.0. The van der Waals surface area contributed by atoms with Crippen LogP contribution in [0.15, 0.2) is 41.6 Å². The molecule has 0 aliphatic carbocycles. The summed E-state index contributed by atoms with van der Waals surface area (Å²) in [5.41, 5.74) is 0.954. The molecule has 1 heterocycles. The Morgan fingerprint density at radius 3 is 2.50 bits per heavy atom. The van der Waals surface area contributed by atoms with Crippen LogP contribution in [-0.4, -0.2) is 31.8 Å². The molecule has 0 aliphatic rings. The Kier molecular flexibility index (Phi) is 4.19. The molecule has 1 aromatic carbocycles. The number of benzene rings is 1. The molecule has 0 radical (unpaired) electrons. The Morgan fingerprint density at radius 1 is 1.20 bits per heavy atom. The van der Waals surface area contributed by atoms with Crippen LogP contribution in [0, 0.1) is 0 Å². The molecule has 20 heavy (non-hydrogen) atoms. The summed E-state index contributed by atoms with van der Waals surface area (Å²) >= 11 is 0. The highest BCUT2D eigenvalue weighted by Crippen LogP contribution is 2.13. The van der Waals surface area contributed by atoms with Gasteiger partial charge in [0.25, 0.3) is 0 Å². The summed E-state index contributed by atoms with van der Waals surface area (Å²) in [5, 5.41) is 3.11. The van der Waals surface area contributed by atoms with Crippen molar-refractivity contribution in [2.45, 2.75) is 11.4 Å². The van der Waals surface area contributed by atoms with Gasteiger partial charge >= 0.3 is 0 Å². The molecule has 1 aromatic heterocycles. The molecule has 0 atom stereocenters. The normalized spacial score (nSPS) is 11.1. The van der Waals surface area contributed by atoms with E-state index in [4.69, 9.17) is 4.74 Å². The van der Waals surface area contributed by atoms with Gasteiger partial charge < -0.3 is 10.1 Å². The van der Waals surface area contributed by atoms with E-state index in [-0.39, 0.29) is 0 Å². The van der Waals surface area contributed by atoms with Crippen molar-refractivity contribution in [2.75, 3.05) is 18.7 Å². The Hall–Kier alpha value is -2.15. The summed E-state index contributed by atoms with van der Waals surface area (Å²) in [4.78, 5) is 8.28. The molecule has 0 spiro atoms. The van der Waals surface area contributed by atoms with E-state index in [0.717, 1.165) is 5.56 Å². The maximum atomic E-state index is 11.3. The van der Waals surface area contributed by atoms with Crippen LogP contribution in [0.5, 0.6) is 5.88 Å². The van der Waals surface area contributed by atoms with Gasteiger partial charge in [-0.15, -0.1) is 0 Å². The quantitative estimate of drug-likeness (QED) is 0.899. The predicted molar refractivity (Wildman–Crippen MR) is 75.5 cm³/mol. The zero-order chi connectivity index (χ0) is 14.6. The third-order valence-electron chi connectivity index (χ3n) is 2.68. The molecular weight excluding hydrogens is 278 g/mol. The highest BCUT2D eigenvalue weighted by Gasteiger charge is 2.06. The minimum atomic E-state index is -3.15. The first-order valence-electron chi connectivity index (χ1n) is 5.88. The van der Waals surface area contributed by atoms with Crippen molar-refractivity contribution in [2.24, 2.45) is 0 Å². The van der Waals surface area contributed by atoms with Crippen molar-refractivity contribution in [3.8, 4) is 5.88 Å². The van der Waals surface area contributed by atoms with E-state index in [0.29, 0.717) is 23.1 Å². The van der Waals surface area contributed by atoms with Gasteiger partial charge in [-0.2, -0.15) is 0 Å². The molecule has 0 saturated heterocycles. The average molecular weight is 293 g/mol. The first-order valence-corrected chi connectivity index (χ1v) is 7.77. The van der Waals surface area contributed by atoms with Crippen LogP contribution in [0.3, 0.4) is 0 Å². The summed E-state index contributed by atoms with van der Waals surface area (Å²) in [6, 6.07) is 8.40. The molecule has 106 valence electrons. The summed E-state index contributed by atoms with van der Waals surface area (Å²) < 4.78 is 27.7. The van der Waals surface area contributed by atoms with Gasteiger partial charge in [0, 0.05) is 18.9 Å². The Labute approximate surface area is 117 Å². The molecule has 0 aliphatic heterocycles. The highest BCUT2D eigenvalue weighted by atomic mass is 32.2. The first-order chi connectivity index (χ1) is 9.49. The number of aromatic nitrogens is 2. The topological polar surface area (TPSA) is 81.2 Å². The fraction of sp³-hybridized carbons (Fsp3) is 0.231. The van der Waals surface area contributed by atoms with E-state index >= 15 is 0 Å². The smallest absolute Gasteiger partial charge is 0.218 e. The van der Waals surface area contributed by atoms with Crippen molar-refractivity contribution >= 4 is 15.7 Å². The second kappa shape index (κ2) is 5.87. The predicted octanol–water partition coefficient (Wildman–Crippen LogP) is 1.50. The molecule has 0 saturated carbocycles. The molecule has 6 nitrogen and oxygen atoms in total. The lowest BCUT2D eigenvalue weighted by atomic mass is 10.2. The fourth-order valence-electron chi connectivity index (χ4n) is 1.59. The minimum absolute atomic E-state index is 0.310. The van der Waals surface area contributed by atoms with E-state index in [1.54, 1.807) is 30.3 Å². The van der Waals surface area contributed by atoms with Crippen LogP contribution in [0.4, 0.5) is 5.82 Å². The number of hydrogen-bond donors (Lipinski definition) is 1. The van der Waals surface area contributed by atoms with Crippen LogP contribution in [0.25, 0.3) is 0 Å². The number of anilines is 1. The third kappa shape index (κ3) is 3.67. The van der Waals surface area contributed by atoms with Gasteiger partial charge in [-0.05, 0) is 17.7 Å². The van der Waals surface area contributed by atoms with Crippen molar-refractivity contribution in [1.29, 1.82) is 0 Å². The second-order valence-corrected chi connectivity index (χ2v) is 6.23. The maximum Gasteiger partial charge on any atom is 0.218 e. The minimum Gasteiger partial charge on any atom is -0.481 e. The molecular formula is C13H15N3O3S. The summed E-state index contributed by atoms with van der Waals surface area (Å²) in [6.07, 6.45) is 2.60. The van der Waals surface area contributed by atoms with Gasteiger partial charge in [0.1, 0.15) is 12.1 Å². The van der Waals surface area contributed by atoms with Crippen molar-refractivity contribution in [1.82, 2.24) is 9.97 Å². The lowest BCUT2D eigenvalue weighted by molar-refractivity contribution is 0.397. The van der Waals surface area contributed by atoms with E-state index in [1.165, 1.54) is 19.7 Å². The molecule has 0 bridgehead atoms. The van der Waals surface area contributed by atoms with Gasteiger partial charge in [-0.1, -0.05) is 12.1 Å². The summed E-state index contributed by atoms with van der Waals surface area (Å²) in [7, 11) is -1.62. The number of sulfone groups is 1. The van der Waals surface area contributed by atoms with Crippen molar-refractivity contribution in [3.63, 3.8) is 0 Å². The number of rotatable bonds is 5. The Morgan fingerprint density at radius 2 is 1.90 bits per heavy atom. The molecule has 7 heteroatoms. The average Bonchev–Trinajstić information content (AvgIpc) is 2.45. The summed E-state index contributed by atoms with van der Waals surface area (Å²) in [6.45, 7) is 0.532.